The zero-order chi connectivity index (χ0) is 12.3. The zero-order valence-corrected chi connectivity index (χ0v) is 9.81. The highest BCUT2D eigenvalue weighted by atomic mass is 19.1. The van der Waals surface area contributed by atoms with Gasteiger partial charge in [-0.05, 0) is 19.9 Å². The lowest BCUT2D eigenvalue weighted by atomic mass is 10.1. The fraction of sp³-hybridized carbons (Fsp3) is 0.231. The van der Waals surface area contributed by atoms with Crippen LogP contribution in [0.4, 0.5) is 10.3 Å². The van der Waals surface area contributed by atoms with Crippen LogP contribution in [0.2, 0.25) is 0 Å². The maximum Gasteiger partial charge on any atom is 0.222 e. The second kappa shape index (κ2) is 4.91. The molecule has 2 aromatic rings. The Hall–Kier alpha value is -1.97. The molecule has 0 saturated carbocycles. The summed E-state index contributed by atoms with van der Waals surface area (Å²) in [4.78, 5) is 8.29. The number of benzene rings is 1. The summed E-state index contributed by atoms with van der Waals surface area (Å²) >= 11 is 0. The molecule has 0 spiro atoms. The van der Waals surface area contributed by atoms with Crippen molar-refractivity contribution in [1.29, 1.82) is 0 Å². The van der Waals surface area contributed by atoms with Gasteiger partial charge in [-0.3, -0.25) is 0 Å². The predicted molar refractivity (Wildman–Crippen MR) is 66.2 cm³/mol. The van der Waals surface area contributed by atoms with Gasteiger partial charge in [-0.2, -0.15) is 0 Å². The standard InChI is InChI=1S/C13H14FN3/c1-9(2)17-13-15-7-10(8-16-13)11-5-3-4-6-12(11)14/h3-9H,1-2H3,(H,15,16,17). The molecule has 1 aromatic heterocycles. The molecule has 2 rings (SSSR count). The maximum atomic E-state index is 13.5. The van der Waals surface area contributed by atoms with Crippen molar-refractivity contribution in [1.82, 2.24) is 9.97 Å². The van der Waals surface area contributed by atoms with Crippen LogP contribution in [0.1, 0.15) is 13.8 Å². The van der Waals surface area contributed by atoms with Crippen LogP contribution in [0.25, 0.3) is 11.1 Å². The number of nitrogens with zero attached hydrogens (tertiary/aromatic N) is 2. The van der Waals surface area contributed by atoms with Gasteiger partial charge in [0.25, 0.3) is 0 Å². The van der Waals surface area contributed by atoms with Crippen molar-refractivity contribution in [2.24, 2.45) is 0 Å². The van der Waals surface area contributed by atoms with Crippen molar-refractivity contribution in [3.8, 4) is 11.1 Å². The molecule has 1 N–H and O–H groups in total. The highest BCUT2D eigenvalue weighted by Gasteiger charge is 2.05. The van der Waals surface area contributed by atoms with Gasteiger partial charge < -0.3 is 5.32 Å². The van der Waals surface area contributed by atoms with Crippen LogP contribution >= 0.6 is 0 Å². The van der Waals surface area contributed by atoms with Gasteiger partial charge in [0.1, 0.15) is 5.82 Å². The second-order valence-electron chi connectivity index (χ2n) is 4.07. The minimum Gasteiger partial charge on any atom is -0.352 e. The maximum absolute atomic E-state index is 13.5. The molecule has 0 aliphatic rings. The van der Waals surface area contributed by atoms with E-state index in [2.05, 4.69) is 15.3 Å². The monoisotopic (exact) mass is 231 g/mol. The molecule has 0 fully saturated rings. The van der Waals surface area contributed by atoms with Gasteiger partial charge in [0.05, 0.1) is 0 Å². The minimum atomic E-state index is -0.263. The van der Waals surface area contributed by atoms with Crippen molar-refractivity contribution in [2.45, 2.75) is 19.9 Å². The molecule has 0 saturated heterocycles. The van der Waals surface area contributed by atoms with E-state index in [4.69, 9.17) is 0 Å². The molecule has 0 radical (unpaired) electrons. The van der Waals surface area contributed by atoms with Crippen LogP contribution in [0, 0.1) is 5.82 Å². The molecule has 0 amide bonds. The first kappa shape index (κ1) is 11.5. The first-order valence-electron chi connectivity index (χ1n) is 5.50. The van der Waals surface area contributed by atoms with Gasteiger partial charge in [0, 0.05) is 29.6 Å². The van der Waals surface area contributed by atoms with E-state index in [1.54, 1.807) is 30.6 Å². The topological polar surface area (TPSA) is 37.8 Å². The average molecular weight is 231 g/mol. The number of halogens is 1. The van der Waals surface area contributed by atoms with Crippen LogP contribution in [-0.2, 0) is 0 Å². The van der Waals surface area contributed by atoms with E-state index in [-0.39, 0.29) is 11.9 Å². The third-order valence-electron chi connectivity index (χ3n) is 2.25. The molecular weight excluding hydrogens is 217 g/mol. The fourth-order valence-corrected chi connectivity index (χ4v) is 1.50. The van der Waals surface area contributed by atoms with Crippen molar-refractivity contribution < 1.29 is 4.39 Å². The van der Waals surface area contributed by atoms with Crippen LogP contribution in [-0.4, -0.2) is 16.0 Å². The lowest BCUT2D eigenvalue weighted by Gasteiger charge is -2.08. The van der Waals surface area contributed by atoms with Gasteiger partial charge in [0.2, 0.25) is 5.95 Å². The Morgan fingerprint density at radius 2 is 1.76 bits per heavy atom. The quantitative estimate of drug-likeness (QED) is 0.882. The molecule has 0 aliphatic heterocycles. The molecule has 1 aromatic carbocycles. The summed E-state index contributed by atoms with van der Waals surface area (Å²) in [5.41, 5.74) is 1.20. The molecule has 1 heterocycles. The molecule has 17 heavy (non-hydrogen) atoms. The Kier molecular flexibility index (Phi) is 3.32. The number of hydrogen-bond acceptors (Lipinski definition) is 3. The van der Waals surface area contributed by atoms with Gasteiger partial charge >= 0.3 is 0 Å². The van der Waals surface area contributed by atoms with Crippen LogP contribution in [0.15, 0.2) is 36.7 Å². The lowest BCUT2D eigenvalue weighted by molar-refractivity contribution is 0.631. The molecule has 0 atom stereocenters. The van der Waals surface area contributed by atoms with Gasteiger partial charge in [0.15, 0.2) is 0 Å². The molecule has 0 unspecified atom stereocenters. The van der Waals surface area contributed by atoms with Gasteiger partial charge in [-0.15, -0.1) is 0 Å². The third-order valence-corrected chi connectivity index (χ3v) is 2.25. The summed E-state index contributed by atoms with van der Waals surface area (Å²) in [7, 11) is 0. The van der Waals surface area contributed by atoms with Crippen LogP contribution in [0.5, 0.6) is 0 Å². The van der Waals surface area contributed by atoms with Crippen LogP contribution in [0.3, 0.4) is 0 Å². The molecular formula is C13H14FN3. The molecule has 0 aliphatic carbocycles. The van der Waals surface area contributed by atoms with E-state index in [1.165, 1.54) is 6.07 Å². The molecule has 3 nitrogen and oxygen atoms in total. The molecule has 88 valence electrons. The first-order chi connectivity index (χ1) is 8.16. The van der Waals surface area contributed by atoms with Gasteiger partial charge in [-0.1, -0.05) is 18.2 Å². The third kappa shape index (κ3) is 2.78. The normalized spacial score (nSPS) is 10.6. The van der Waals surface area contributed by atoms with Crippen molar-refractivity contribution in [2.75, 3.05) is 5.32 Å². The van der Waals surface area contributed by atoms with Crippen molar-refractivity contribution in [3.63, 3.8) is 0 Å². The van der Waals surface area contributed by atoms with E-state index in [0.29, 0.717) is 17.1 Å². The van der Waals surface area contributed by atoms with E-state index in [9.17, 15) is 4.39 Å². The smallest absolute Gasteiger partial charge is 0.222 e. The van der Waals surface area contributed by atoms with E-state index >= 15 is 0 Å². The number of aromatic nitrogens is 2. The summed E-state index contributed by atoms with van der Waals surface area (Å²) in [6.45, 7) is 4.02. The fourth-order valence-electron chi connectivity index (χ4n) is 1.50. The number of hydrogen-bond donors (Lipinski definition) is 1. The number of anilines is 1. The predicted octanol–water partition coefficient (Wildman–Crippen LogP) is 3.10. The van der Waals surface area contributed by atoms with E-state index in [0.717, 1.165) is 0 Å². The Morgan fingerprint density at radius 1 is 1.12 bits per heavy atom. The SMILES string of the molecule is CC(C)Nc1ncc(-c2ccccc2F)cn1. The zero-order valence-electron chi connectivity index (χ0n) is 9.81. The average Bonchev–Trinajstić information content (AvgIpc) is 2.30. The summed E-state index contributed by atoms with van der Waals surface area (Å²) in [6, 6.07) is 6.86. The largest absolute Gasteiger partial charge is 0.352 e. The summed E-state index contributed by atoms with van der Waals surface area (Å²) in [5, 5.41) is 3.08. The summed E-state index contributed by atoms with van der Waals surface area (Å²) < 4.78 is 13.5. The minimum absolute atomic E-state index is 0.263. The molecule has 4 heteroatoms. The van der Waals surface area contributed by atoms with Crippen molar-refractivity contribution in [3.05, 3.63) is 42.5 Å². The Balaban J connectivity index is 2.27. The van der Waals surface area contributed by atoms with Crippen molar-refractivity contribution >= 4 is 5.95 Å². The first-order valence-corrected chi connectivity index (χ1v) is 5.50. The second-order valence-corrected chi connectivity index (χ2v) is 4.07. The summed E-state index contributed by atoms with van der Waals surface area (Å²) in [6.07, 6.45) is 3.24. The highest BCUT2D eigenvalue weighted by molar-refractivity contribution is 5.62. The number of rotatable bonds is 3. The Labute approximate surface area is 99.7 Å². The lowest BCUT2D eigenvalue weighted by Crippen LogP contribution is -2.12. The molecule has 0 bridgehead atoms. The highest BCUT2D eigenvalue weighted by Crippen LogP contribution is 2.21. The summed E-state index contributed by atoms with van der Waals surface area (Å²) in [5.74, 6) is 0.292. The van der Waals surface area contributed by atoms with E-state index < -0.39 is 0 Å². The van der Waals surface area contributed by atoms with Crippen LogP contribution < -0.4 is 5.32 Å². The van der Waals surface area contributed by atoms with Gasteiger partial charge in [-0.25, -0.2) is 14.4 Å². The Morgan fingerprint density at radius 3 is 2.35 bits per heavy atom. The van der Waals surface area contributed by atoms with E-state index in [1.807, 2.05) is 13.8 Å². The number of nitrogens with one attached hydrogen (secondary N) is 1. The Bertz CT molecular complexity index is 494.